The lowest BCUT2D eigenvalue weighted by atomic mass is 9.84. The third kappa shape index (κ3) is 7.05. The van der Waals surface area contributed by atoms with Gasteiger partial charge in [0.05, 0.1) is 0 Å². The Bertz CT molecular complexity index is 5250. The van der Waals surface area contributed by atoms with Crippen LogP contribution >= 0.6 is 0 Å². The standard InChI is InChI=1S/C42H26O.C38H22/c1-2-12-27(13-3-1)29-15-10-16-30(26-29)39-32-18-6-8-20-34(32)40(35-21-9-7-19-33(35)39)36-22-11-23-38-41(36)37-25-24-28-14-4-5-17-31(28)42(37)43-38;1-3-25-11-13-29-15-19-31(33-21-17-27(5-1)35(25)37(29)33)23-7-9-24(10-8-23)32-20-16-30-14-12-26-4-2-6-28-18-22-34(32)38(30)36(26)28/h1-26H;1-22H. The van der Waals surface area contributed by atoms with Crippen molar-refractivity contribution in [2.45, 2.75) is 0 Å². The Hall–Kier alpha value is -10.6. The Morgan fingerprint density at radius 3 is 1.17 bits per heavy atom. The highest BCUT2D eigenvalue weighted by Crippen LogP contribution is 2.49. The predicted octanol–water partition coefficient (Wildman–Crippen LogP) is 22.9. The van der Waals surface area contributed by atoms with E-state index in [1.165, 1.54) is 147 Å². The lowest BCUT2D eigenvalue weighted by molar-refractivity contribution is 0.673. The van der Waals surface area contributed by atoms with Crippen molar-refractivity contribution in [2.75, 3.05) is 0 Å². The van der Waals surface area contributed by atoms with Crippen LogP contribution in [0.25, 0.3) is 175 Å². The molecule has 0 N–H and O–H groups in total. The molecule has 0 aliphatic heterocycles. The van der Waals surface area contributed by atoms with Crippen molar-refractivity contribution in [3.63, 3.8) is 0 Å². The monoisotopic (exact) mass is 1020 g/mol. The summed E-state index contributed by atoms with van der Waals surface area (Å²) in [4.78, 5) is 0. The second-order valence-corrected chi connectivity index (χ2v) is 21.7. The summed E-state index contributed by atoms with van der Waals surface area (Å²) < 4.78 is 6.60. The fourth-order valence-electron chi connectivity index (χ4n) is 13.8. The van der Waals surface area contributed by atoms with Gasteiger partial charge in [0.15, 0.2) is 0 Å². The minimum atomic E-state index is 0.914. The molecule has 0 amide bonds. The van der Waals surface area contributed by atoms with E-state index in [-0.39, 0.29) is 0 Å². The molecule has 81 heavy (non-hydrogen) atoms. The Kier molecular flexibility index (Phi) is 10.1. The maximum Gasteiger partial charge on any atom is 0.143 e. The van der Waals surface area contributed by atoms with E-state index in [0.29, 0.717) is 0 Å². The summed E-state index contributed by atoms with van der Waals surface area (Å²) in [5.74, 6) is 0. The molecule has 0 unspecified atom stereocenters. The quantitative estimate of drug-likeness (QED) is 0.124. The van der Waals surface area contributed by atoms with Crippen LogP contribution in [0.1, 0.15) is 0 Å². The van der Waals surface area contributed by atoms with Crippen LogP contribution in [0.3, 0.4) is 0 Å². The van der Waals surface area contributed by atoms with Crippen LogP contribution in [0, 0.1) is 0 Å². The lowest BCUT2D eigenvalue weighted by Gasteiger charge is -2.18. The van der Waals surface area contributed by atoms with Crippen LogP contribution in [0.5, 0.6) is 0 Å². The Morgan fingerprint density at radius 1 is 0.185 bits per heavy atom. The Morgan fingerprint density at radius 2 is 0.593 bits per heavy atom. The fourth-order valence-corrected chi connectivity index (χ4v) is 13.8. The van der Waals surface area contributed by atoms with Crippen molar-refractivity contribution >= 4 is 119 Å². The molecule has 0 bridgehead atoms. The number of benzene rings is 17. The Labute approximate surface area is 467 Å². The molecule has 0 saturated heterocycles. The maximum atomic E-state index is 6.60. The first-order chi connectivity index (χ1) is 40.2. The van der Waals surface area contributed by atoms with Crippen molar-refractivity contribution in [1.82, 2.24) is 0 Å². The molecule has 18 rings (SSSR count). The van der Waals surface area contributed by atoms with Gasteiger partial charge in [0.2, 0.25) is 0 Å². The van der Waals surface area contributed by atoms with E-state index >= 15 is 0 Å². The fraction of sp³-hybridized carbons (Fsp3) is 0. The van der Waals surface area contributed by atoms with E-state index < -0.39 is 0 Å². The summed E-state index contributed by atoms with van der Waals surface area (Å²) in [5, 5.41) is 25.6. The van der Waals surface area contributed by atoms with Crippen LogP contribution in [0.2, 0.25) is 0 Å². The smallest absolute Gasteiger partial charge is 0.143 e. The highest BCUT2D eigenvalue weighted by atomic mass is 16.3. The van der Waals surface area contributed by atoms with Crippen LogP contribution in [-0.2, 0) is 0 Å². The first kappa shape index (κ1) is 45.4. The summed E-state index contributed by atoms with van der Waals surface area (Å²) >= 11 is 0. The van der Waals surface area contributed by atoms with Gasteiger partial charge in [-0.25, -0.2) is 0 Å². The molecule has 1 heterocycles. The minimum Gasteiger partial charge on any atom is -0.455 e. The molecule has 0 saturated carbocycles. The topological polar surface area (TPSA) is 13.1 Å². The van der Waals surface area contributed by atoms with Crippen LogP contribution in [-0.4, -0.2) is 0 Å². The zero-order valence-electron chi connectivity index (χ0n) is 44.1. The molecule has 0 atom stereocenters. The average molecular weight is 1030 g/mol. The van der Waals surface area contributed by atoms with Crippen LogP contribution in [0.4, 0.5) is 0 Å². The number of hydrogen-bond donors (Lipinski definition) is 0. The van der Waals surface area contributed by atoms with Crippen LogP contribution < -0.4 is 0 Å². The molecule has 0 spiro atoms. The average Bonchev–Trinajstić information content (AvgIpc) is 3.98. The number of hydrogen-bond acceptors (Lipinski definition) is 1. The van der Waals surface area contributed by atoms with Gasteiger partial charge in [-0.05, 0) is 165 Å². The van der Waals surface area contributed by atoms with Crippen molar-refractivity contribution in [2.24, 2.45) is 0 Å². The zero-order chi connectivity index (χ0) is 53.1. The SMILES string of the molecule is c1cc2ccc3ccc(-c4ccc(-c5ccc6ccc7cccc8ccc5c6c78)cc4)c4ccc(c1)c2c34.c1ccc(-c2cccc(-c3c4ccccc4c(-c4cccc5oc6c7ccccc7ccc6c45)c4ccccc34)c2)cc1. The highest BCUT2D eigenvalue weighted by Gasteiger charge is 2.22. The van der Waals surface area contributed by atoms with Crippen molar-refractivity contribution in [3.05, 3.63) is 291 Å². The largest absolute Gasteiger partial charge is 0.455 e. The second-order valence-electron chi connectivity index (χ2n) is 21.7. The molecular weight excluding hydrogens is 977 g/mol. The van der Waals surface area contributed by atoms with E-state index in [2.05, 4.69) is 291 Å². The van der Waals surface area contributed by atoms with E-state index in [1.807, 2.05) is 0 Å². The van der Waals surface area contributed by atoms with Gasteiger partial charge in [0.25, 0.3) is 0 Å². The first-order valence-corrected chi connectivity index (χ1v) is 28.1. The van der Waals surface area contributed by atoms with E-state index in [1.54, 1.807) is 0 Å². The first-order valence-electron chi connectivity index (χ1n) is 28.1. The van der Waals surface area contributed by atoms with Gasteiger partial charge in [0.1, 0.15) is 11.2 Å². The number of furan rings is 1. The molecule has 374 valence electrons. The number of fused-ring (bicyclic) bond motifs is 7. The maximum absolute atomic E-state index is 6.60. The molecule has 1 aromatic heterocycles. The summed E-state index contributed by atoms with van der Waals surface area (Å²) in [7, 11) is 0. The minimum absolute atomic E-state index is 0.914. The van der Waals surface area contributed by atoms with Gasteiger partial charge >= 0.3 is 0 Å². The molecule has 17 aromatic carbocycles. The normalized spacial score (nSPS) is 12.0. The summed E-state index contributed by atoms with van der Waals surface area (Å²) in [6.07, 6.45) is 0. The predicted molar refractivity (Wildman–Crippen MR) is 347 cm³/mol. The summed E-state index contributed by atoms with van der Waals surface area (Å²) in [6.45, 7) is 0. The number of rotatable bonds is 5. The third-order valence-corrected chi connectivity index (χ3v) is 17.4. The third-order valence-electron chi connectivity index (χ3n) is 17.4. The van der Waals surface area contributed by atoms with Crippen molar-refractivity contribution in [1.29, 1.82) is 0 Å². The lowest BCUT2D eigenvalue weighted by Crippen LogP contribution is -1.91. The van der Waals surface area contributed by atoms with Crippen molar-refractivity contribution < 1.29 is 4.42 Å². The van der Waals surface area contributed by atoms with E-state index in [9.17, 15) is 0 Å². The van der Waals surface area contributed by atoms with Gasteiger partial charge < -0.3 is 4.42 Å². The van der Waals surface area contributed by atoms with Crippen LogP contribution in [0.15, 0.2) is 296 Å². The zero-order valence-corrected chi connectivity index (χ0v) is 44.1. The molecule has 1 nitrogen and oxygen atoms in total. The molecule has 0 aliphatic rings. The molecule has 18 aromatic rings. The molecule has 1 heteroatoms. The van der Waals surface area contributed by atoms with E-state index in [0.717, 1.165) is 27.3 Å². The molecular formula is C80H48O. The van der Waals surface area contributed by atoms with Gasteiger partial charge in [-0.2, -0.15) is 0 Å². The summed E-state index contributed by atoms with van der Waals surface area (Å²) in [5.41, 5.74) is 14.3. The van der Waals surface area contributed by atoms with Gasteiger partial charge in [0, 0.05) is 16.2 Å². The second kappa shape index (κ2) is 18.0. The van der Waals surface area contributed by atoms with Gasteiger partial charge in [-0.1, -0.05) is 273 Å². The van der Waals surface area contributed by atoms with Crippen molar-refractivity contribution in [3.8, 4) is 55.6 Å². The Balaban J connectivity index is 0.000000130. The molecule has 0 radical (unpaired) electrons. The molecule has 0 aliphatic carbocycles. The van der Waals surface area contributed by atoms with E-state index in [4.69, 9.17) is 4.42 Å². The molecule has 0 fully saturated rings. The summed E-state index contributed by atoms with van der Waals surface area (Å²) in [6, 6.07) is 106. The highest BCUT2D eigenvalue weighted by molar-refractivity contribution is 6.29. The van der Waals surface area contributed by atoms with Gasteiger partial charge in [-0.15, -0.1) is 0 Å². The van der Waals surface area contributed by atoms with Gasteiger partial charge in [-0.3, -0.25) is 0 Å².